The summed E-state index contributed by atoms with van der Waals surface area (Å²) in [6.07, 6.45) is 2.26. The third kappa shape index (κ3) is 2.77. The van der Waals surface area contributed by atoms with Gasteiger partial charge in [-0.3, -0.25) is 0 Å². The fraction of sp³-hybridized carbons (Fsp3) is 0.286. The van der Waals surface area contributed by atoms with Crippen LogP contribution in [-0.2, 0) is 0 Å². The van der Waals surface area contributed by atoms with Crippen LogP contribution in [-0.4, -0.2) is 17.1 Å². The molecule has 0 unspecified atom stereocenters. The van der Waals surface area contributed by atoms with E-state index in [4.69, 9.17) is 22.1 Å². The van der Waals surface area contributed by atoms with Crippen molar-refractivity contribution in [1.82, 2.24) is 9.97 Å². The van der Waals surface area contributed by atoms with Crippen LogP contribution in [0.15, 0.2) is 24.3 Å². The van der Waals surface area contributed by atoms with E-state index < -0.39 is 0 Å². The maximum atomic E-state index is 6.01. The number of nitrogens with two attached hydrogens (primary N) is 1. The standard InChI is InChI=1S/C14H15ClN4O/c1-20-11-5-4-9(15)6-10(11)17-13-7-12(16)18-14(19-13)8-2-3-8/h4-8H,2-3H2,1H3,(H3,16,17,18,19). The van der Waals surface area contributed by atoms with Gasteiger partial charge in [-0.25, -0.2) is 9.97 Å². The molecular weight excluding hydrogens is 276 g/mol. The average molecular weight is 291 g/mol. The summed E-state index contributed by atoms with van der Waals surface area (Å²) >= 11 is 6.01. The van der Waals surface area contributed by atoms with E-state index in [0.717, 1.165) is 24.4 Å². The highest BCUT2D eigenvalue weighted by Crippen LogP contribution is 2.39. The van der Waals surface area contributed by atoms with Crippen molar-refractivity contribution in [1.29, 1.82) is 0 Å². The van der Waals surface area contributed by atoms with Gasteiger partial charge in [0, 0.05) is 17.0 Å². The number of hydrogen-bond donors (Lipinski definition) is 2. The lowest BCUT2D eigenvalue weighted by Crippen LogP contribution is -2.03. The number of anilines is 3. The molecule has 0 atom stereocenters. The second kappa shape index (κ2) is 5.17. The minimum absolute atomic E-state index is 0.445. The zero-order valence-electron chi connectivity index (χ0n) is 11.1. The Morgan fingerprint density at radius 2 is 2.10 bits per heavy atom. The van der Waals surface area contributed by atoms with Crippen molar-refractivity contribution in [2.45, 2.75) is 18.8 Å². The number of ether oxygens (including phenoxy) is 1. The van der Waals surface area contributed by atoms with Crippen LogP contribution in [0.3, 0.4) is 0 Å². The van der Waals surface area contributed by atoms with E-state index in [9.17, 15) is 0 Å². The number of methoxy groups -OCH3 is 1. The summed E-state index contributed by atoms with van der Waals surface area (Å²) in [4.78, 5) is 8.76. The van der Waals surface area contributed by atoms with Crippen LogP contribution in [0.5, 0.6) is 5.75 Å². The Bertz CT molecular complexity index is 643. The number of nitrogen functional groups attached to an aromatic ring is 1. The Labute approximate surface area is 122 Å². The minimum atomic E-state index is 0.445. The highest BCUT2D eigenvalue weighted by Gasteiger charge is 2.27. The maximum Gasteiger partial charge on any atom is 0.142 e. The fourth-order valence-electron chi connectivity index (χ4n) is 1.99. The predicted octanol–water partition coefficient (Wildman–Crippen LogP) is 3.34. The number of halogens is 1. The second-order valence-electron chi connectivity index (χ2n) is 4.78. The van der Waals surface area contributed by atoms with Gasteiger partial charge in [0.05, 0.1) is 12.8 Å². The fourth-order valence-corrected chi connectivity index (χ4v) is 2.16. The molecule has 0 spiro atoms. The first-order valence-corrected chi connectivity index (χ1v) is 6.78. The molecule has 104 valence electrons. The van der Waals surface area contributed by atoms with E-state index in [1.807, 2.05) is 0 Å². The van der Waals surface area contributed by atoms with Crippen LogP contribution in [0, 0.1) is 0 Å². The van der Waals surface area contributed by atoms with E-state index in [1.54, 1.807) is 31.4 Å². The Morgan fingerprint density at radius 1 is 1.30 bits per heavy atom. The third-order valence-electron chi connectivity index (χ3n) is 3.13. The molecule has 1 aromatic carbocycles. The van der Waals surface area contributed by atoms with Crippen molar-refractivity contribution in [3.05, 3.63) is 35.1 Å². The maximum absolute atomic E-state index is 6.01. The van der Waals surface area contributed by atoms with Crippen LogP contribution in [0.25, 0.3) is 0 Å². The number of nitrogens with one attached hydrogen (secondary N) is 1. The van der Waals surface area contributed by atoms with Crippen molar-refractivity contribution in [3.8, 4) is 5.75 Å². The van der Waals surface area contributed by atoms with Gasteiger partial charge in [-0.05, 0) is 31.0 Å². The first-order chi connectivity index (χ1) is 9.65. The molecule has 6 heteroatoms. The number of nitrogens with zero attached hydrogens (tertiary/aromatic N) is 2. The van der Waals surface area contributed by atoms with E-state index in [1.165, 1.54) is 0 Å². The molecule has 1 fully saturated rings. The average Bonchev–Trinajstić information content (AvgIpc) is 3.22. The Hall–Kier alpha value is -2.01. The van der Waals surface area contributed by atoms with Crippen LogP contribution in [0.4, 0.5) is 17.3 Å². The van der Waals surface area contributed by atoms with Gasteiger partial charge >= 0.3 is 0 Å². The Morgan fingerprint density at radius 3 is 2.80 bits per heavy atom. The molecule has 1 aliphatic carbocycles. The predicted molar refractivity (Wildman–Crippen MR) is 79.7 cm³/mol. The van der Waals surface area contributed by atoms with Crippen molar-refractivity contribution in [3.63, 3.8) is 0 Å². The van der Waals surface area contributed by atoms with Crippen LogP contribution in [0.1, 0.15) is 24.6 Å². The summed E-state index contributed by atoms with van der Waals surface area (Å²) in [5.74, 6) is 3.05. The zero-order valence-corrected chi connectivity index (χ0v) is 11.8. The quantitative estimate of drug-likeness (QED) is 0.903. The molecule has 0 radical (unpaired) electrons. The SMILES string of the molecule is COc1ccc(Cl)cc1Nc1cc(N)nc(C2CC2)n1. The van der Waals surface area contributed by atoms with Crippen molar-refractivity contribution < 1.29 is 4.74 Å². The summed E-state index contributed by atoms with van der Waals surface area (Å²) in [5.41, 5.74) is 6.58. The van der Waals surface area contributed by atoms with Crippen LogP contribution >= 0.6 is 11.6 Å². The molecule has 1 aliphatic rings. The summed E-state index contributed by atoms with van der Waals surface area (Å²) in [5, 5.41) is 3.81. The van der Waals surface area contributed by atoms with E-state index in [2.05, 4.69) is 15.3 Å². The monoisotopic (exact) mass is 290 g/mol. The molecule has 3 N–H and O–H groups in total. The first-order valence-electron chi connectivity index (χ1n) is 6.41. The van der Waals surface area contributed by atoms with Gasteiger partial charge < -0.3 is 15.8 Å². The van der Waals surface area contributed by atoms with E-state index in [-0.39, 0.29) is 0 Å². The lowest BCUT2D eigenvalue weighted by atomic mass is 10.3. The number of benzene rings is 1. The molecule has 5 nitrogen and oxygen atoms in total. The van der Waals surface area contributed by atoms with Crippen LogP contribution < -0.4 is 15.8 Å². The van der Waals surface area contributed by atoms with Gasteiger partial charge in [-0.15, -0.1) is 0 Å². The molecule has 1 aromatic heterocycles. The number of rotatable bonds is 4. The summed E-state index contributed by atoms with van der Waals surface area (Å²) in [6.45, 7) is 0. The van der Waals surface area contributed by atoms with Gasteiger partial charge in [0.2, 0.25) is 0 Å². The van der Waals surface area contributed by atoms with Crippen LogP contribution in [0.2, 0.25) is 5.02 Å². The van der Waals surface area contributed by atoms with E-state index >= 15 is 0 Å². The molecule has 0 saturated heterocycles. The molecule has 20 heavy (non-hydrogen) atoms. The number of hydrogen-bond acceptors (Lipinski definition) is 5. The summed E-state index contributed by atoms with van der Waals surface area (Å²) in [7, 11) is 1.61. The minimum Gasteiger partial charge on any atom is -0.495 e. The summed E-state index contributed by atoms with van der Waals surface area (Å²) in [6, 6.07) is 7.06. The van der Waals surface area contributed by atoms with Gasteiger partial charge in [-0.1, -0.05) is 11.6 Å². The highest BCUT2D eigenvalue weighted by atomic mass is 35.5. The zero-order chi connectivity index (χ0) is 14.1. The molecule has 1 saturated carbocycles. The first kappa shape index (κ1) is 13.0. The van der Waals surface area contributed by atoms with E-state index in [0.29, 0.717) is 28.3 Å². The van der Waals surface area contributed by atoms with Crippen molar-refractivity contribution >= 4 is 28.9 Å². The van der Waals surface area contributed by atoms with Gasteiger partial charge in [0.15, 0.2) is 0 Å². The Kier molecular flexibility index (Phi) is 3.36. The largest absolute Gasteiger partial charge is 0.495 e. The molecule has 2 aromatic rings. The summed E-state index contributed by atoms with van der Waals surface area (Å²) < 4.78 is 5.30. The van der Waals surface area contributed by atoms with Gasteiger partial charge in [0.1, 0.15) is 23.2 Å². The molecule has 0 amide bonds. The third-order valence-corrected chi connectivity index (χ3v) is 3.37. The lowest BCUT2D eigenvalue weighted by molar-refractivity contribution is 0.417. The molecule has 3 rings (SSSR count). The van der Waals surface area contributed by atoms with Crippen molar-refractivity contribution in [2.75, 3.05) is 18.2 Å². The highest BCUT2D eigenvalue weighted by molar-refractivity contribution is 6.31. The molecule has 0 bridgehead atoms. The topological polar surface area (TPSA) is 73.1 Å². The smallest absolute Gasteiger partial charge is 0.142 e. The van der Waals surface area contributed by atoms with Crippen molar-refractivity contribution in [2.24, 2.45) is 0 Å². The van der Waals surface area contributed by atoms with Gasteiger partial charge in [0.25, 0.3) is 0 Å². The van der Waals surface area contributed by atoms with Gasteiger partial charge in [-0.2, -0.15) is 0 Å². The molecule has 0 aliphatic heterocycles. The lowest BCUT2D eigenvalue weighted by Gasteiger charge is -2.12. The normalized spacial score (nSPS) is 14.1. The molecule has 1 heterocycles. The second-order valence-corrected chi connectivity index (χ2v) is 5.22. The Balaban J connectivity index is 1.92. The number of aromatic nitrogens is 2. The molecular formula is C14H15ClN4O.